The molecule has 2 N–H and O–H groups in total. The van der Waals surface area contributed by atoms with Crippen LogP contribution in [-0.4, -0.2) is 48.3 Å². The molecule has 0 spiro atoms. The van der Waals surface area contributed by atoms with Gasteiger partial charge >= 0.3 is 0 Å². The summed E-state index contributed by atoms with van der Waals surface area (Å²) >= 11 is 0. The fraction of sp³-hybridized carbons (Fsp3) is 1.00. The number of aliphatic hydroxyl groups is 2. The molecule has 0 saturated carbocycles. The molecular formula is C12H26O4. The van der Waals surface area contributed by atoms with Gasteiger partial charge in [0.25, 0.3) is 0 Å². The molecule has 0 aromatic heterocycles. The zero-order valence-electron chi connectivity index (χ0n) is 10.7. The van der Waals surface area contributed by atoms with Crippen LogP contribution >= 0.6 is 0 Å². The molecule has 0 aliphatic rings. The summed E-state index contributed by atoms with van der Waals surface area (Å²) in [5.74, 6) is 0. The van der Waals surface area contributed by atoms with Crippen molar-refractivity contribution in [2.24, 2.45) is 0 Å². The second-order valence-corrected chi connectivity index (χ2v) is 4.22. The van der Waals surface area contributed by atoms with Crippen LogP contribution in [0.5, 0.6) is 0 Å². The van der Waals surface area contributed by atoms with Crippen LogP contribution in [0.3, 0.4) is 0 Å². The third-order valence-electron chi connectivity index (χ3n) is 2.37. The lowest BCUT2D eigenvalue weighted by atomic mass is 10.2. The van der Waals surface area contributed by atoms with Gasteiger partial charge in [0, 0.05) is 0 Å². The Morgan fingerprint density at radius 2 is 1.75 bits per heavy atom. The summed E-state index contributed by atoms with van der Waals surface area (Å²) in [5.41, 5.74) is 0. The van der Waals surface area contributed by atoms with Gasteiger partial charge in [0.1, 0.15) is 0 Å². The van der Waals surface area contributed by atoms with Gasteiger partial charge in [-0.25, -0.2) is 0 Å². The Morgan fingerprint density at radius 1 is 1.06 bits per heavy atom. The average Bonchev–Trinajstić information content (AvgIpc) is 2.29. The van der Waals surface area contributed by atoms with Crippen molar-refractivity contribution in [3.05, 3.63) is 0 Å². The van der Waals surface area contributed by atoms with Crippen molar-refractivity contribution in [1.29, 1.82) is 0 Å². The van der Waals surface area contributed by atoms with E-state index in [2.05, 4.69) is 6.92 Å². The zero-order chi connectivity index (χ0) is 12.4. The Balaban J connectivity index is 3.65. The van der Waals surface area contributed by atoms with Crippen LogP contribution in [0.2, 0.25) is 0 Å². The van der Waals surface area contributed by atoms with Crippen LogP contribution in [-0.2, 0) is 9.47 Å². The van der Waals surface area contributed by atoms with Crippen molar-refractivity contribution in [1.82, 2.24) is 0 Å². The van der Waals surface area contributed by atoms with Crippen LogP contribution in [0.4, 0.5) is 0 Å². The molecule has 0 rings (SSSR count). The third-order valence-corrected chi connectivity index (χ3v) is 2.37. The molecule has 3 atom stereocenters. The largest absolute Gasteiger partial charge is 0.394 e. The zero-order valence-corrected chi connectivity index (χ0v) is 10.7. The van der Waals surface area contributed by atoms with Gasteiger partial charge in [-0.2, -0.15) is 0 Å². The Labute approximate surface area is 98.6 Å². The normalized spacial score (nSPS) is 17.1. The monoisotopic (exact) mass is 234 g/mol. The van der Waals surface area contributed by atoms with E-state index in [1.54, 1.807) is 0 Å². The summed E-state index contributed by atoms with van der Waals surface area (Å²) in [7, 11) is 0. The molecule has 0 aromatic rings. The Morgan fingerprint density at radius 3 is 2.25 bits per heavy atom. The second kappa shape index (κ2) is 10.0. The van der Waals surface area contributed by atoms with E-state index >= 15 is 0 Å². The highest BCUT2D eigenvalue weighted by molar-refractivity contribution is 4.59. The van der Waals surface area contributed by atoms with Gasteiger partial charge in [0.2, 0.25) is 0 Å². The first-order valence-electron chi connectivity index (χ1n) is 6.12. The van der Waals surface area contributed by atoms with E-state index in [-0.39, 0.29) is 31.5 Å². The summed E-state index contributed by atoms with van der Waals surface area (Å²) in [6.45, 7) is 6.37. The molecule has 0 fully saturated rings. The molecule has 98 valence electrons. The van der Waals surface area contributed by atoms with E-state index in [1.807, 2.05) is 13.8 Å². The molecule has 0 aliphatic carbocycles. The Kier molecular flexibility index (Phi) is 9.92. The van der Waals surface area contributed by atoms with Crippen molar-refractivity contribution >= 4 is 0 Å². The molecule has 4 nitrogen and oxygen atoms in total. The Hall–Kier alpha value is -0.160. The minimum Gasteiger partial charge on any atom is -0.394 e. The van der Waals surface area contributed by atoms with Gasteiger partial charge in [-0.3, -0.25) is 0 Å². The lowest BCUT2D eigenvalue weighted by molar-refractivity contribution is -0.0842. The quantitative estimate of drug-likeness (QED) is 0.599. The predicted octanol–water partition coefficient (Wildman–Crippen LogP) is 1.34. The van der Waals surface area contributed by atoms with Crippen molar-refractivity contribution in [2.45, 2.75) is 58.3 Å². The first kappa shape index (κ1) is 15.8. The van der Waals surface area contributed by atoms with Crippen molar-refractivity contribution in [3.8, 4) is 0 Å². The minimum atomic E-state index is -0.165. The average molecular weight is 234 g/mol. The fourth-order valence-corrected chi connectivity index (χ4v) is 1.41. The fourth-order valence-electron chi connectivity index (χ4n) is 1.41. The summed E-state index contributed by atoms with van der Waals surface area (Å²) < 4.78 is 11.0. The lowest BCUT2D eigenvalue weighted by Crippen LogP contribution is -2.28. The van der Waals surface area contributed by atoms with Crippen molar-refractivity contribution in [2.75, 3.05) is 19.8 Å². The summed E-state index contributed by atoms with van der Waals surface area (Å²) in [4.78, 5) is 0. The van der Waals surface area contributed by atoms with Gasteiger partial charge in [0.05, 0.1) is 38.1 Å². The first-order chi connectivity index (χ1) is 7.63. The molecule has 0 heterocycles. The molecule has 0 bridgehead atoms. The van der Waals surface area contributed by atoms with E-state index < -0.39 is 0 Å². The van der Waals surface area contributed by atoms with Crippen LogP contribution < -0.4 is 0 Å². The molecule has 16 heavy (non-hydrogen) atoms. The number of unbranched alkanes of at least 4 members (excludes halogenated alkanes) is 1. The van der Waals surface area contributed by atoms with Gasteiger partial charge in [-0.15, -0.1) is 0 Å². The van der Waals surface area contributed by atoms with Crippen LogP contribution in [0.25, 0.3) is 0 Å². The first-order valence-corrected chi connectivity index (χ1v) is 6.12. The van der Waals surface area contributed by atoms with E-state index in [9.17, 15) is 0 Å². The standard InChI is InChI=1S/C12H26O4/c1-4-5-6-12(8-14)15-9-11(3)16-10(2)7-13/h10-14H,4-9H2,1-3H3. The number of hydrogen-bond acceptors (Lipinski definition) is 4. The maximum absolute atomic E-state index is 9.09. The number of hydrogen-bond donors (Lipinski definition) is 2. The summed E-state index contributed by atoms with van der Waals surface area (Å²) in [6, 6.07) is 0. The maximum Gasteiger partial charge on any atom is 0.0807 e. The van der Waals surface area contributed by atoms with E-state index in [0.717, 1.165) is 19.3 Å². The van der Waals surface area contributed by atoms with Gasteiger partial charge < -0.3 is 19.7 Å². The summed E-state index contributed by atoms with van der Waals surface area (Å²) in [5, 5.41) is 17.9. The van der Waals surface area contributed by atoms with Crippen molar-refractivity contribution < 1.29 is 19.7 Å². The second-order valence-electron chi connectivity index (χ2n) is 4.22. The highest BCUT2D eigenvalue weighted by Crippen LogP contribution is 2.06. The number of ether oxygens (including phenoxy) is 2. The maximum atomic E-state index is 9.09. The third kappa shape index (κ3) is 8.05. The van der Waals surface area contributed by atoms with Crippen LogP contribution in [0.15, 0.2) is 0 Å². The van der Waals surface area contributed by atoms with Crippen LogP contribution in [0.1, 0.15) is 40.0 Å². The van der Waals surface area contributed by atoms with E-state index in [1.165, 1.54) is 0 Å². The Bertz CT molecular complexity index is 152. The smallest absolute Gasteiger partial charge is 0.0807 e. The minimum absolute atomic E-state index is 0.0175. The molecule has 4 heteroatoms. The highest BCUT2D eigenvalue weighted by atomic mass is 16.5. The summed E-state index contributed by atoms with van der Waals surface area (Å²) in [6.07, 6.45) is 2.74. The van der Waals surface area contributed by atoms with Gasteiger partial charge in [-0.1, -0.05) is 19.8 Å². The van der Waals surface area contributed by atoms with Crippen LogP contribution in [0, 0.1) is 0 Å². The molecule has 0 radical (unpaired) electrons. The predicted molar refractivity (Wildman–Crippen MR) is 63.4 cm³/mol. The topological polar surface area (TPSA) is 58.9 Å². The highest BCUT2D eigenvalue weighted by Gasteiger charge is 2.12. The van der Waals surface area contributed by atoms with E-state index in [0.29, 0.717) is 6.61 Å². The molecule has 0 amide bonds. The van der Waals surface area contributed by atoms with Gasteiger partial charge in [0.15, 0.2) is 0 Å². The molecule has 3 unspecified atom stereocenters. The van der Waals surface area contributed by atoms with Crippen molar-refractivity contribution in [3.63, 3.8) is 0 Å². The number of rotatable bonds is 10. The van der Waals surface area contributed by atoms with E-state index in [4.69, 9.17) is 19.7 Å². The molecule has 0 aromatic carbocycles. The number of aliphatic hydroxyl groups excluding tert-OH is 2. The molecular weight excluding hydrogens is 208 g/mol. The molecule has 0 saturated heterocycles. The lowest BCUT2D eigenvalue weighted by Gasteiger charge is -2.21. The van der Waals surface area contributed by atoms with Gasteiger partial charge in [-0.05, 0) is 20.3 Å². The SMILES string of the molecule is CCCCC(CO)OCC(C)OC(C)CO. The molecule has 0 aliphatic heterocycles.